The number of aromatic nitrogens is 3. The molecule has 346 valence electrons. The number of anilines is 2. The third-order valence-electron chi connectivity index (χ3n) is 13.9. The Hall–Kier alpha value is -7.89. The van der Waals surface area contributed by atoms with Crippen molar-refractivity contribution in [3.05, 3.63) is 205 Å². The lowest BCUT2D eigenvalue weighted by molar-refractivity contribution is 0.483. The molecular weight excluding hydrogens is 853 g/mol. The Morgan fingerprint density at radius 1 is 0.429 bits per heavy atom. The Morgan fingerprint density at radius 3 is 1.73 bits per heavy atom. The van der Waals surface area contributed by atoms with Crippen molar-refractivity contribution in [2.24, 2.45) is 0 Å². The van der Waals surface area contributed by atoms with Gasteiger partial charge in [0.15, 0.2) is 0 Å². The van der Waals surface area contributed by atoms with Gasteiger partial charge in [0.05, 0.1) is 27.8 Å². The van der Waals surface area contributed by atoms with Crippen LogP contribution in [0, 0.1) is 0 Å². The summed E-state index contributed by atoms with van der Waals surface area (Å²) in [5, 5.41) is 13.2. The number of ether oxygens (including phenoxy) is 1. The number of nitrogens with one attached hydrogen (secondary N) is 2. The van der Waals surface area contributed by atoms with Crippen molar-refractivity contribution >= 4 is 76.5 Å². The topological polar surface area (TPSA) is 54.9 Å². The van der Waals surface area contributed by atoms with Crippen LogP contribution in [0.5, 0.6) is 11.5 Å². The summed E-state index contributed by atoms with van der Waals surface area (Å²) in [6.07, 6.45) is 1.92. The van der Waals surface area contributed by atoms with Crippen LogP contribution in [-0.4, -0.2) is 14.5 Å². The number of nitrogens with zero attached hydrogens (tertiary/aromatic N) is 2. The smallest absolute Gasteiger partial charge is 0.137 e. The van der Waals surface area contributed by atoms with E-state index in [-0.39, 0.29) is 16.2 Å². The number of H-pyrrole nitrogens is 1. The molecule has 0 aliphatic rings. The number of pyridine rings is 1. The van der Waals surface area contributed by atoms with E-state index in [9.17, 15) is 0 Å². The highest BCUT2D eigenvalue weighted by Crippen LogP contribution is 2.42. The molecule has 0 radical (unpaired) electrons. The van der Waals surface area contributed by atoms with Gasteiger partial charge in [0.2, 0.25) is 0 Å². The molecule has 0 aliphatic carbocycles. The lowest BCUT2D eigenvalue weighted by Crippen LogP contribution is -2.12. The summed E-state index contributed by atoms with van der Waals surface area (Å²) < 4.78 is 9.03. The molecule has 3 aromatic heterocycles. The van der Waals surface area contributed by atoms with Gasteiger partial charge in [-0.1, -0.05) is 172 Å². The molecule has 3 heterocycles. The fraction of sp³-hybridized carbons (Fsp3) is 0.185. The molecule has 0 unspecified atom stereocenters. The number of benzene rings is 8. The van der Waals surface area contributed by atoms with Crippen LogP contribution in [0.4, 0.5) is 11.4 Å². The summed E-state index contributed by atoms with van der Waals surface area (Å²) in [5.41, 5.74) is 12.1. The standard InChI is InChI=1S/C65H60N4O/c1-63(2,3)42-20-16-19-41(35-42)55-36-44(65(7,8)9)37-56-51-26-13-11-24-49(51)48-23-10-12-25-50(48)54-28-18-29-57(62(54)68-61(55)56)67-45-21-17-22-46(39-45)70-47-31-32-53-52-27-14-15-30-58(52)69(59(53)40-47)60-38-43(33-34-66-60)64(4,5)6/h10-40,67-68H,1-9H3. The molecule has 2 N–H and O–H groups in total. The third-order valence-corrected chi connectivity index (χ3v) is 13.9. The van der Waals surface area contributed by atoms with Gasteiger partial charge in [-0.2, -0.15) is 0 Å². The van der Waals surface area contributed by atoms with Gasteiger partial charge in [-0.3, -0.25) is 4.57 Å². The van der Waals surface area contributed by atoms with Crippen LogP contribution in [0.15, 0.2) is 188 Å². The zero-order valence-electron chi connectivity index (χ0n) is 41.7. The average Bonchev–Trinajstić information content (AvgIpc) is 3.69. The van der Waals surface area contributed by atoms with Crippen molar-refractivity contribution in [3.63, 3.8) is 0 Å². The quantitative estimate of drug-likeness (QED) is 0.175. The number of fused-ring (bicyclic) bond motifs is 10. The van der Waals surface area contributed by atoms with E-state index in [0.29, 0.717) is 0 Å². The SMILES string of the molecule is CC(C)(C)c1cccc(-c2cc(C(C)(C)C)cc3c2[nH]c2c(Nc4cccc(Oc5ccc6c7ccccc7n(-c7cc(C(C)(C)C)ccn7)c6c5)c4)cccc2c2ccccc2c2ccccc32)c1. The average molecular weight is 913 g/mol. The molecule has 5 heteroatoms. The highest BCUT2D eigenvalue weighted by molar-refractivity contribution is 6.21. The molecule has 70 heavy (non-hydrogen) atoms. The van der Waals surface area contributed by atoms with Gasteiger partial charge < -0.3 is 15.0 Å². The summed E-state index contributed by atoms with van der Waals surface area (Å²) in [5.74, 6) is 2.36. The fourth-order valence-corrected chi connectivity index (χ4v) is 10.0. The maximum absolute atomic E-state index is 6.77. The maximum atomic E-state index is 6.77. The second-order valence-electron chi connectivity index (χ2n) is 21.9. The molecule has 0 spiro atoms. The highest BCUT2D eigenvalue weighted by atomic mass is 16.5. The number of hydrogen-bond acceptors (Lipinski definition) is 3. The van der Waals surface area contributed by atoms with Crippen LogP contribution < -0.4 is 10.1 Å². The summed E-state index contributed by atoms with van der Waals surface area (Å²) in [6, 6.07) is 65.7. The lowest BCUT2D eigenvalue weighted by Gasteiger charge is -2.23. The summed E-state index contributed by atoms with van der Waals surface area (Å²) in [6.45, 7) is 20.5. The van der Waals surface area contributed by atoms with Crippen molar-refractivity contribution in [1.82, 2.24) is 14.5 Å². The number of para-hydroxylation sites is 2. The van der Waals surface area contributed by atoms with E-state index in [0.717, 1.165) is 66.9 Å². The molecule has 0 bridgehead atoms. The highest BCUT2D eigenvalue weighted by Gasteiger charge is 2.22. The van der Waals surface area contributed by atoms with E-state index < -0.39 is 0 Å². The van der Waals surface area contributed by atoms with Crippen LogP contribution in [0.2, 0.25) is 0 Å². The van der Waals surface area contributed by atoms with Crippen LogP contribution in [0.25, 0.3) is 82.1 Å². The van der Waals surface area contributed by atoms with Crippen molar-refractivity contribution in [2.75, 3.05) is 5.32 Å². The first-order valence-corrected chi connectivity index (χ1v) is 24.5. The van der Waals surface area contributed by atoms with Crippen LogP contribution >= 0.6 is 0 Å². The van der Waals surface area contributed by atoms with E-state index >= 15 is 0 Å². The van der Waals surface area contributed by atoms with Gasteiger partial charge in [-0.15, -0.1) is 0 Å². The molecule has 0 fully saturated rings. The van der Waals surface area contributed by atoms with Crippen LogP contribution in [0.1, 0.15) is 79.0 Å². The molecule has 0 amide bonds. The Bertz CT molecular complexity index is 3900. The zero-order valence-corrected chi connectivity index (χ0v) is 41.7. The van der Waals surface area contributed by atoms with Gasteiger partial charge in [0, 0.05) is 51.1 Å². The Labute approximate surface area is 411 Å². The minimum Gasteiger partial charge on any atom is -0.457 e. The predicted molar refractivity (Wildman–Crippen MR) is 298 cm³/mol. The minimum absolute atomic E-state index is 0.0178. The van der Waals surface area contributed by atoms with Gasteiger partial charge in [-0.05, 0) is 121 Å². The molecule has 0 aliphatic heterocycles. The minimum atomic E-state index is -0.103. The predicted octanol–water partition coefficient (Wildman–Crippen LogP) is 18.3. The molecule has 11 rings (SSSR count). The van der Waals surface area contributed by atoms with Crippen molar-refractivity contribution in [3.8, 4) is 28.4 Å². The summed E-state index contributed by atoms with van der Waals surface area (Å²) >= 11 is 0. The van der Waals surface area contributed by atoms with Gasteiger partial charge in [-0.25, -0.2) is 4.98 Å². The normalized spacial score (nSPS) is 12.4. The Kier molecular flexibility index (Phi) is 10.8. The molecule has 11 aromatic rings. The number of hydrogen-bond donors (Lipinski definition) is 2. The van der Waals surface area contributed by atoms with E-state index in [1.54, 1.807) is 0 Å². The second-order valence-corrected chi connectivity index (χ2v) is 21.9. The molecule has 0 atom stereocenters. The van der Waals surface area contributed by atoms with Gasteiger partial charge >= 0.3 is 0 Å². The summed E-state index contributed by atoms with van der Waals surface area (Å²) in [4.78, 5) is 9.07. The largest absolute Gasteiger partial charge is 0.457 e. The van der Waals surface area contributed by atoms with Crippen molar-refractivity contribution < 1.29 is 4.74 Å². The lowest BCUT2D eigenvalue weighted by atomic mass is 9.82. The second kappa shape index (κ2) is 17.0. The van der Waals surface area contributed by atoms with Gasteiger partial charge in [0.25, 0.3) is 0 Å². The monoisotopic (exact) mass is 912 g/mol. The maximum Gasteiger partial charge on any atom is 0.137 e. The molecular formula is C65H60N4O. The first-order chi connectivity index (χ1) is 33.6. The van der Waals surface area contributed by atoms with Crippen LogP contribution in [-0.2, 0) is 16.2 Å². The zero-order chi connectivity index (χ0) is 48.5. The van der Waals surface area contributed by atoms with E-state index in [4.69, 9.17) is 9.72 Å². The van der Waals surface area contributed by atoms with E-state index in [2.05, 4.69) is 253 Å². The molecule has 0 saturated heterocycles. The van der Waals surface area contributed by atoms with Crippen LogP contribution in [0.3, 0.4) is 0 Å². The summed E-state index contributed by atoms with van der Waals surface area (Å²) in [7, 11) is 0. The molecule has 8 aromatic carbocycles. The third kappa shape index (κ3) is 8.19. The Balaban J connectivity index is 1.09. The number of aromatic amines is 1. The van der Waals surface area contributed by atoms with Crippen molar-refractivity contribution in [1.29, 1.82) is 0 Å². The number of rotatable bonds is 6. The molecule has 5 nitrogen and oxygen atoms in total. The van der Waals surface area contributed by atoms with Gasteiger partial charge in [0.1, 0.15) is 17.3 Å². The fourth-order valence-electron chi connectivity index (χ4n) is 10.0. The van der Waals surface area contributed by atoms with E-state index in [1.165, 1.54) is 54.7 Å². The first kappa shape index (κ1) is 44.6. The van der Waals surface area contributed by atoms with Crippen molar-refractivity contribution in [2.45, 2.75) is 78.6 Å². The van der Waals surface area contributed by atoms with E-state index in [1.807, 2.05) is 12.3 Å². The molecule has 0 saturated carbocycles. The first-order valence-electron chi connectivity index (χ1n) is 24.5. The Morgan fingerprint density at radius 2 is 1.01 bits per heavy atom.